The van der Waals surface area contributed by atoms with Crippen molar-refractivity contribution < 1.29 is 9.53 Å². The van der Waals surface area contributed by atoms with Gasteiger partial charge in [-0.05, 0) is 77.5 Å². The summed E-state index contributed by atoms with van der Waals surface area (Å²) in [5, 5.41) is 0. The Morgan fingerprint density at radius 3 is 2.24 bits per heavy atom. The first-order valence-electron chi connectivity index (χ1n) is 7.79. The molecule has 1 unspecified atom stereocenters. The predicted molar refractivity (Wildman–Crippen MR) is 86.1 cm³/mol. The van der Waals surface area contributed by atoms with E-state index in [2.05, 4.69) is 24.0 Å². The molecule has 0 aliphatic heterocycles. The van der Waals surface area contributed by atoms with E-state index in [9.17, 15) is 4.79 Å². The smallest absolute Gasteiger partial charge is 0.312 e. The van der Waals surface area contributed by atoms with Crippen LogP contribution in [0.25, 0.3) is 0 Å². The first-order chi connectivity index (χ1) is 9.65. The lowest BCUT2D eigenvalue weighted by Gasteiger charge is -2.29. The minimum absolute atomic E-state index is 0.111. The van der Waals surface area contributed by atoms with Crippen molar-refractivity contribution in [1.29, 1.82) is 0 Å². The van der Waals surface area contributed by atoms with Crippen LogP contribution in [-0.4, -0.2) is 16.6 Å². The van der Waals surface area contributed by atoms with E-state index in [0.717, 1.165) is 19.3 Å². The van der Waals surface area contributed by atoms with E-state index in [1.54, 1.807) is 0 Å². The molecule has 0 saturated carbocycles. The number of carbonyl (C=O) groups excluding carboxylic acids is 1. The van der Waals surface area contributed by atoms with Crippen molar-refractivity contribution in [3.05, 3.63) is 30.1 Å². The summed E-state index contributed by atoms with van der Waals surface area (Å²) in [6, 6.07) is 4.13. The average Bonchev–Trinajstić information content (AvgIpc) is 2.38. The van der Waals surface area contributed by atoms with Gasteiger partial charge in [0.1, 0.15) is 5.60 Å². The molecule has 0 N–H and O–H groups in total. The van der Waals surface area contributed by atoms with Crippen LogP contribution in [0.5, 0.6) is 0 Å². The maximum atomic E-state index is 12.3. The molecule has 1 aromatic heterocycles. The molecule has 3 heteroatoms. The summed E-state index contributed by atoms with van der Waals surface area (Å²) in [5.74, 6) is 0.356. The summed E-state index contributed by atoms with van der Waals surface area (Å²) >= 11 is 0. The second-order valence-corrected chi connectivity index (χ2v) is 7.31. The molecule has 1 aromatic rings. The average molecular weight is 291 g/mol. The largest absolute Gasteiger partial charge is 0.460 e. The highest BCUT2D eigenvalue weighted by Gasteiger charge is 2.32. The Morgan fingerprint density at radius 1 is 1.19 bits per heavy atom. The van der Waals surface area contributed by atoms with E-state index in [4.69, 9.17) is 4.74 Å². The van der Waals surface area contributed by atoms with E-state index in [-0.39, 0.29) is 5.97 Å². The minimum Gasteiger partial charge on any atom is -0.460 e. The zero-order chi connectivity index (χ0) is 16.1. The lowest BCUT2D eigenvalue weighted by Crippen LogP contribution is -2.34. The number of ether oxygens (including phenoxy) is 1. The monoisotopic (exact) mass is 291 g/mol. The highest BCUT2D eigenvalue weighted by atomic mass is 16.6. The van der Waals surface area contributed by atoms with E-state index in [0.29, 0.717) is 5.92 Å². The molecule has 21 heavy (non-hydrogen) atoms. The van der Waals surface area contributed by atoms with Crippen molar-refractivity contribution in [3.8, 4) is 0 Å². The first kappa shape index (κ1) is 17.7. The Hall–Kier alpha value is -1.38. The van der Waals surface area contributed by atoms with E-state index >= 15 is 0 Å². The normalized spacial score (nSPS) is 13.8. The molecule has 0 aromatic carbocycles. The van der Waals surface area contributed by atoms with Crippen LogP contribution in [0, 0.1) is 5.41 Å². The summed E-state index contributed by atoms with van der Waals surface area (Å²) in [5.41, 5.74) is 0.421. The third kappa shape index (κ3) is 5.86. The fraction of sp³-hybridized carbons (Fsp3) is 0.667. The molecule has 118 valence electrons. The molecule has 0 spiro atoms. The Bertz CT molecular complexity index is 446. The van der Waals surface area contributed by atoms with Crippen molar-refractivity contribution in [2.75, 3.05) is 0 Å². The van der Waals surface area contributed by atoms with Gasteiger partial charge in [-0.1, -0.05) is 6.92 Å². The standard InChI is InChI=1S/C18H29NO2/c1-7-14(15-9-12-19-13-10-15)8-11-18(5,6)16(20)21-17(2,3)4/h9-10,12-14H,7-8,11H2,1-6H3. The van der Waals surface area contributed by atoms with E-state index < -0.39 is 11.0 Å². The van der Waals surface area contributed by atoms with Crippen molar-refractivity contribution >= 4 is 5.97 Å². The van der Waals surface area contributed by atoms with Gasteiger partial charge in [-0.15, -0.1) is 0 Å². The third-order valence-corrected chi connectivity index (χ3v) is 3.74. The van der Waals surface area contributed by atoms with Crippen LogP contribution in [0.15, 0.2) is 24.5 Å². The lowest BCUT2D eigenvalue weighted by atomic mass is 9.82. The molecule has 0 saturated heterocycles. The number of hydrogen-bond donors (Lipinski definition) is 0. The lowest BCUT2D eigenvalue weighted by molar-refractivity contribution is -0.166. The maximum absolute atomic E-state index is 12.3. The predicted octanol–water partition coefficient (Wildman–Crippen LogP) is 4.72. The molecule has 1 atom stereocenters. The number of nitrogens with zero attached hydrogens (tertiary/aromatic N) is 1. The molecular formula is C18H29NO2. The maximum Gasteiger partial charge on any atom is 0.312 e. The van der Waals surface area contributed by atoms with Crippen LogP contribution in [-0.2, 0) is 9.53 Å². The molecule has 0 amide bonds. The SMILES string of the molecule is CCC(CCC(C)(C)C(=O)OC(C)(C)C)c1ccncc1. The molecule has 0 aliphatic carbocycles. The number of hydrogen-bond acceptors (Lipinski definition) is 3. The fourth-order valence-electron chi connectivity index (χ4n) is 2.30. The molecule has 0 fully saturated rings. The van der Waals surface area contributed by atoms with Crippen molar-refractivity contribution in [1.82, 2.24) is 4.98 Å². The molecule has 0 radical (unpaired) electrons. The van der Waals surface area contributed by atoms with Gasteiger partial charge in [0.05, 0.1) is 5.41 Å². The second kappa shape index (κ2) is 7.06. The minimum atomic E-state index is -0.451. The second-order valence-electron chi connectivity index (χ2n) is 7.31. The number of aromatic nitrogens is 1. The van der Waals surface area contributed by atoms with Gasteiger partial charge in [0.25, 0.3) is 0 Å². The van der Waals surface area contributed by atoms with Gasteiger partial charge in [-0.2, -0.15) is 0 Å². The summed E-state index contributed by atoms with van der Waals surface area (Å²) in [6.07, 6.45) is 6.53. The van der Waals surface area contributed by atoms with Gasteiger partial charge in [0.15, 0.2) is 0 Å². The third-order valence-electron chi connectivity index (χ3n) is 3.74. The van der Waals surface area contributed by atoms with Crippen LogP contribution in [0.3, 0.4) is 0 Å². The topological polar surface area (TPSA) is 39.2 Å². The number of esters is 1. The van der Waals surface area contributed by atoms with Crippen molar-refractivity contribution in [2.45, 2.75) is 72.3 Å². The number of carbonyl (C=O) groups is 1. The van der Waals surface area contributed by atoms with Crippen LogP contribution in [0.1, 0.15) is 72.3 Å². The zero-order valence-corrected chi connectivity index (χ0v) is 14.3. The van der Waals surface area contributed by atoms with Gasteiger partial charge in [-0.3, -0.25) is 9.78 Å². The summed E-state index contributed by atoms with van der Waals surface area (Å²) in [7, 11) is 0. The van der Waals surface area contributed by atoms with Crippen LogP contribution < -0.4 is 0 Å². The molecule has 1 rings (SSSR count). The summed E-state index contributed by atoms with van der Waals surface area (Å²) in [4.78, 5) is 16.4. The summed E-state index contributed by atoms with van der Waals surface area (Å²) < 4.78 is 5.53. The Morgan fingerprint density at radius 2 is 1.76 bits per heavy atom. The van der Waals surface area contributed by atoms with Crippen LogP contribution >= 0.6 is 0 Å². The van der Waals surface area contributed by atoms with Crippen LogP contribution in [0.4, 0.5) is 0 Å². The van der Waals surface area contributed by atoms with Crippen LogP contribution in [0.2, 0.25) is 0 Å². The first-order valence-corrected chi connectivity index (χ1v) is 7.79. The van der Waals surface area contributed by atoms with Gasteiger partial charge in [0.2, 0.25) is 0 Å². The highest BCUT2D eigenvalue weighted by Crippen LogP contribution is 2.33. The quantitative estimate of drug-likeness (QED) is 0.712. The number of pyridine rings is 1. The zero-order valence-electron chi connectivity index (χ0n) is 14.3. The van der Waals surface area contributed by atoms with Gasteiger partial charge < -0.3 is 4.74 Å². The summed E-state index contributed by atoms with van der Waals surface area (Å²) in [6.45, 7) is 11.9. The molecule has 3 nitrogen and oxygen atoms in total. The Kier molecular flexibility index (Phi) is 5.94. The fourth-order valence-corrected chi connectivity index (χ4v) is 2.30. The molecule has 1 heterocycles. The van der Waals surface area contributed by atoms with Crippen molar-refractivity contribution in [3.63, 3.8) is 0 Å². The molecule has 0 aliphatic rings. The highest BCUT2D eigenvalue weighted by molar-refractivity contribution is 5.76. The van der Waals surface area contributed by atoms with Crippen molar-refractivity contribution in [2.24, 2.45) is 5.41 Å². The van der Waals surface area contributed by atoms with Gasteiger partial charge in [-0.25, -0.2) is 0 Å². The van der Waals surface area contributed by atoms with Gasteiger partial charge in [0, 0.05) is 12.4 Å². The molecular weight excluding hydrogens is 262 g/mol. The van der Waals surface area contributed by atoms with E-state index in [1.165, 1.54) is 5.56 Å². The Balaban J connectivity index is 2.65. The van der Waals surface area contributed by atoms with Gasteiger partial charge >= 0.3 is 5.97 Å². The Labute approximate surface area is 129 Å². The van der Waals surface area contributed by atoms with E-state index in [1.807, 2.05) is 47.0 Å². The number of rotatable bonds is 6. The molecule has 0 bridgehead atoms.